The molecular weight excluding hydrogens is 328 g/mol. The first-order valence-electron chi connectivity index (χ1n) is 9.11. The number of hydrogen-bond donors (Lipinski definition) is 1. The van der Waals surface area contributed by atoms with Crippen LogP contribution in [0.3, 0.4) is 0 Å². The molecule has 1 aliphatic heterocycles. The summed E-state index contributed by atoms with van der Waals surface area (Å²) in [6.45, 7) is 7.74. The molecule has 138 valence electrons. The second-order valence-electron chi connectivity index (χ2n) is 7.27. The van der Waals surface area contributed by atoms with Gasteiger partial charge in [-0.3, -0.25) is 14.5 Å². The third-order valence-corrected chi connectivity index (χ3v) is 5.33. The Balaban J connectivity index is 1.74. The number of aryl methyl sites for hydroxylation is 2. The number of piperidine rings is 1. The second kappa shape index (κ2) is 7.46. The van der Waals surface area contributed by atoms with Crippen molar-refractivity contribution in [2.75, 3.05) is 19.6 Å². The monoisotopic (exact) mass is 354 g/mol. The summed E-state index contributed by atoms with van der Waals surface area (Å²) in [5.41, 5.74) is 5.02. The molecule has 0 bridgehead atoms. The highest BCUT2D eigenvalue weighted by atomic mass is 16.4. The van der Waals surface area contributed by atoms with Crippen LogP contribution in [-0.4, -0.2) is 46.0 Å². The average Bonchev–Trinajstić information content (AvgIpc) is 2.91. The first-order valence-corrected chi connectivity index (χ1v) is 9.11. The highest BCUT2D eigenvalue weighted by Gasteiger charge is 2.26. The van der Waals surface area contributed by atoms with Crippen LogP contribution in [0.4, 0.5) is 0 Å². The summed E-state index contributed by atoms with van der Waals surface area (Å²) in [6.07, 6.45) is 1.23. The quantitative estimate of drug-likeness (QED) is 0.836. The summed E-state index contributed by atoms with van der Waals surface area (Å²) in [5.74, 6) is -0.893. The van der Waals surface area contributed by atoms with Crippen LogP contribution in [0, 0.1) is 26.7 Å². The first kappa shape index (κ1) is 18.4. The van der Waals surface area contributed by atoms with E-state index in [1.807, 2.05) is 19.9 Å². The van der Waals surface area contributed by atoms with Gasteiger partial charge in [-0.25, -0.2) is 0 Å². The van der Waals surface area contributed by atoms with Gasteiger partial charge in [0.2, 0.25) is 0 Å². The lowest BCUT2D eigenvalue weighted by atomic mass is 9.97. The smallest absolute Gasteiger partial charge is 0.306 e. The van der Waals surface area contributed by atoms with E-state index in [4.69, 9.17) is 5.11 Å². The number of hydrogen-bond acceptors (Lipinski definition) is 3. The number of benzene rings is 1. The van der Waals surface area contributed by atoms with Gasteiger partial charge >= 0.3 is 5.97 Å². The number of Topliss-reactive ketones (excluding diaryl/α,β-unsaturated/α-hetero) is 1. The number of carbonyl (C=O) groups excluding carboxylic acids is 1. The second-order valence-corrected chi connectivity index (χ2v) is 7.27. The minimum atomic E-state index is -0.724. The SMILES string of the molecule is Cc1ccc(-n2c(C)cc(C(=O)CN3CCC(C(=O)O)CC3)c2C)cc1. The fourth-order valence-electron chi connectivity index (χ4n) is 3.76. The molecule has 0 saturated carbocycles. The molecule has 0 aliphatic carbocycles. The van der Waals surface area contributed by atoms with Gasteiger partial charge < -0.3 is 9.67 Å². The standard InChI is InChI=1S/C21H26N2O3/c1-14-4-6-18(7-5-14)23-15(2)12-19(16(23)3)20(24)13-22-10-8-17(9-11-22)21(25)26/h4-7,12,17H,8-11,13H2,1-3H3,(H,25,26). The fourth-order valence-corrected chi connectivity index (χ4v) is 3.76. The molecule has 1 N–H and O–H groups in total. The lowest BCUT2D eigenvalue weighted by Crippen LogP contribution is -2.39. The van der Waals surface area contributed by atoms with Crippen LogP contribution in [0.1, 0.15) is 40.2 Å². The van der Waals surface area contributed by atoms with Crippen LogP contribution in [0.15, 0.2) is 30.3 Å². The molecule has 0 unspecified atom stereocenters. The highest BCUT2D eigenvalue weighted by molar-refractivity contribution is 5.99. The number of likely N-dealkylation sites (tertiary alicyclic amines) is 1. The zero-order valence-electron chi connectivity index (χ0n) is 15.7. The summed E-state index contributed by atoms with van der Waals surface area (Å²) >= 11 is 0. The topological polar surface area (TPSA) is 62.5 Å². The number of carbonyl (C=O) groups is 2. The molecule has 1 fully saturated rings. The van der Waals surface area contributed by atoms with Gasteiger partial charge in [-0.1, -0.05) is 17.7 Å². The Morgan fingerprint density at radius 3 is 2.27 bits per heavy atom. The van der Waals surface area contributed by atoms with Gasteiger partial charge in [-0.2, -0.15) is 0 Å². The van der Waals surface area contributed by atoms with E-state index in [1.165, 1.54) is 5.56 Å². The lowest BCUT2D eigenvalue weighted by molar-refractivity contribution is -0.143. The Morgan fingerprint density at radius 1 is 1.08 bits per heavy atom. The molecule has 1 aromatic heterocycles. The molecule has 0 radical (unpaired) electrons. The summed E-state index contributed by atoms with van der Waals surface area (Å²) in [6, 6.07) is 10.2. The molecule has 0 amide bonds. The van der Waals surface area contributed by atoms with Crippen LogP contribution in [0.25, 0.3) is 5.69 Å². The minimum absolute atomic E-state index is 0.102. The largest absolute Gasteiger partial charge is 0.481 e. The van der Waals surface area contributed by atoms with Crippen molar-refractivity contribution in [3.63, 3.8) is 0 Å². The molecule has 5 nitrogen and oxygen atoms in total. The maximum absolute atomic E-state index is 12.8. The van der Waals surface area contributed by atoms with Crippen molar-refractivity contribution < 1.29 is 14.7 Å². The zero-order chi connectivity index (χ0) is 18.8. The van der Waals surface area contributed by atoms with Gasteiger partial charge in [-0.05, 0) is 64.9 Å². The van der Waals surface area contributed by atoms with E-state index in [1.54, 1.807) is 0 Å². The Labute approximate surface area is 154 Å². The van der Waals surface area contributed by atoms with E-state index in [9.17, 15) is 9.59 Å². The van der Waals surface area contributed by atoms with Crippen molar-refractivity contribution >= 4 is 11.8 Å². The van der Waals surface area contributed by atoms with Crippen LogP contribution in [0.5, 0.6) is 0 Å². The number of nitrogens with zero attached hydrogens (tertiary/aromatic N) is 2. The summed E-state index contributed by atoms with van der Waals surface area (Å²) < 4.78 is 2.11. The molecule has 1 aromatic carbocycles. The van der Waals surface area contributed by atoms with Crippen molar-refractivity contribution in [3.05, 3.63) is 52.8 Å². The normalized spacial score (nSPS) is 16.0. The maximum atomic E-state index is 12.8. The van der Waals surface area contributed by atoms with E-state index >= 15 is 0 Å². The molecule has 2 aromatic rings. The van der Waals surface area contributed by atoms with E-state index in [0.717, 1.165) is 22.6 Å². The van der Waals surface area contributed by atoms with Crippen LogP contribution in [0.2, 0.25) is 0 Å². The summed E-state index contributed by atoms with van der Waals surface area (Å²) in [4.78, 5) is 26.0. The van der Waals surface area contributed by atoms with Crippen LogP contribution in [-0.2, 0) is 4.79 Å². The van der Waals surface area contributed by atoms with Gasteiger partial charge in [0.05, 0.1) is 12.5 Å². The number of carboxylic acids is 1. The third kappa shape index (κ3) is 3.73. The molecule has 3 rings (SSSR count). The highest BCUT2D eigenvalue weighted by Crippen LogP contribution is 2.23. The van der Waals surface area contributed by atoms with Gasteiger partial charge in [0.15, 0.2) is 5.78 Å². The molecule has 0 atom stereocenters. The number of aliphatic carboxylic acids is 1. The van der Waals surface area contributed by atoms with Crippen LogP contribution < -0.4 is 0 Å². The predicted octanol–water partition coefficient (Wildman–Crippen LogP) is 3.38. The molecular formula is C21H26N2O3. The van der Waals surface area contributed by atoms with Gasteiger partial charge in [0.25, 0.3) is 0 Å². The van der Waals surface area contributed by atoms with Crippen molar-refractivity contribution in [1.82, 2.24) is 9.47 Å². The molecule has 1 saturated heterocycles. The van der Waals surface area contributed by atoms with E-state index in [2.05, 4.69) is 40.7 Å². The van der Waals surface area contributed by atoms with Crippen molar-refractivity contribution in [3.8, 4) is 5.69 Å². The number of carboxylic acid groups (broad SMARTS) is 1. The zero-order valence-corrected chi connectivity index (χ0v) is 15.7. The van der Waals surface area contributed by atoms with E-state index < -0.39 is 5.97 Å². The average molecular weight is 354 g/mol. The molecule has 26 heavy (non-hydrogen) atoms. The summed E-state index contributed by atoms with van der Waals surface area (Å²) in [7, 11) is 0. The van der Waals surface area contributed by atoms with Crippen molar-refractivity contribution in [2.45, 2.75) is 33.6 Å². The number of rotatable bonds is 5. The summed E-state index contributed by atoms with van der Waals surface area (Å²) in [5, 5.41) is 9.09. The Hall–Kier alpha value is -2.40. The molecule has 0 spiro atoms. The Bertz CT molecular complexity index is 813. The van der Waals surface area contributed by atoms with Gasteiger partial charge in [0.1, 0.15) is 0 Å². The molecule has 1 aliphatic rings. The Morgan fingerprint density at radius 2 is 1.69 bits per heavy atom. The number of ketones is 1. The molecule has 2 heterocycles. The molecule has 5 heteroatoms. The number of aromatic nitrogens is 1. The maximum Gasteiger partial charge on any atom is 0.306 e. The van der Waals surface area contributed by atoms with Crippen LogP contribution >= 0.6 is 0 Å². The first-order chi connectivity index (χ1) is 12.4. The van der Waals surface area contributed by atoms with Gasteiger partial charge in [-0.15, -0.1) is 0 Å². The predicted molar refractivity (Wildman–Crippen MR) is 101 cm³/mol. The van der Waals surface area contributed by atoms with Crippen molar-refractivity contribution in [2.24, 2.45) is 5.92 Å². The fraction of sp³-hybridized carbons (Fsp3) is 0.429. The van der Waals surface area contributed by atoms with E-state index in [-0.39, 0.29) is 11.7 Å². The Kier molecular flexibility index (Phi) is 5.28. The lowest BCUT2D eigenvalue weighted by Gasteiger charge is -2.29. The van der Waals surface area contributed by atoms with Crippen molar-refractivity contribution in [1.29, 1.82) is 0 Å². The van der Waals surface area contributed by atoms with Gasteiger partial charge in [0, 0.05) is 22.6 Å². The third-order valence-electron chi connectivity index (χ3n) is 5.33. The minimum Gasteiger partial charge on any atom is -0.481 e. The van der Waals surface area contributed by atoms with E-state index in [0.29, 0.717) is 32.5 Å².